The molecule has 0 aliphatic heterocycles. The fourth-order valence-electron chi connectivity index (χ4n) is 2.57. The van der Waals surface area contributed by atoms with E-state index < -0.39 is 0 Å². The van der Waals surface area contributed by atoms with Gasteiger partial charge in [0.2, 0.25) is 5.91 Å². The van der Waals surface area contributed by atoms with Crippen molar-refractivity contribution in [1.29, 1.82) is 0 Å². The maximum Gasteiger partial charge on any atom is 0.251 e. The summed E-state index contributed by atoms with van der Waals surface area (Å²) in [6, 6.07) is 17.3. The summed E-state index contributed by atoms with van der Waals surface area (Å²) in [7, 11) is 0. The number of benzene rings is 2. The van der Waals surface area contributed by atoms with Gasteiger partial charge in [-0.3, -0.25) is 9.59 Å². The Balaban J connectivity index is 1.46. The summed E-state index contributed by atoms with van der Waals surface area (Å²) in [6.45, 7) is 0.631. The molecular formula is C20H22N2O2. The number of amides is 2. The van der Waals surface area contributed by atoms with Crippen LogP contribution in [0, 0.1) is 5.92 Å². The van der Waals surface area contributed by atoms with Crippen LogP contribution in [0.3, 0.4) is 0 Å². The van der Waals surface area contributed by atoms with Gasteiger partial charge in [0.15, 0.2) is 0 Å². The van der Waals surface area contributed by atoms with Crippen molar-refractivity contribution < 1.29 is 9.59 Å². The van der Waals surface area contributed by atoms with Gasteiger partial charge in [-0.25, -0.2) is 0 Å². The number of hydrogen-bond acceptors (Lipinski definition) is 2. The zero-order chi connectivity index (χ0) is 16.8. The number of anilines is 1. The molecule has 24 heavy (non-hydrogen) atoms. The number of carbonyl (C=O) groups excluding carboxylic acids is 2. The normalized spacial score (nSPS) is 13.3. The van der Waals surface area contributed by atoms with E-state index in [9.17, 15) is 9.59 Å². The fraction of sp³-hybridized carbons (Fsp3) is 0.300. The quantitative estimate of drug-likeness (QED) is 0.768. The number of nitrogens with one attached hydrogen (secondary N) is 2. The molecule has 0 atom stereocenters. The Morgan fingerprint density at radius 3 is 2.54 bits per heavy atom. The van der Waals surface area contributed by atoms with E-state index in [0.29, 0.717) is 17.8 Å². The van der Waals surface area contributed by atoms with Crippen LogP contribution in [0.1, 0.15) is 35.2 Å². The number of hydrogen-bond donors (Lipinski definition) is 2. The lowest BCUT2D eigenvalue weighted by molar-refractivity contribution is -0.117. The summed E-state index contributed by atoms with van der Waals surface area (Å²) in [5.41, 5.74) is 2.53. The maximum atomic E-state index is 12.2. The Hall–Kier alpha value is -2.62. The van der Waals surface area contributed by atoms with Gasteiger partial charge in [0.05, 0.1) is 0 Å². The molecule has 124 valence electrons. The lowest BCUT2D eigenvalue weighted by Gasteiger charge is -2.08. The molecule has 2 aromatic rings. The second-order valence-electron chi connectivity index (χ2n) is 6.19. The van der Waals surface area contributed by atoms with Crippen LogP contribution in [0.5, 0.6) is 0 Å². The Morgan fingerprint density at radius 2 is 1.79 bits per heavy atom. The first-order chi connectivity index (χ1) is 11.7. The third kappa shape index (κ3) is 4.69. The van der Waals surface area contributed by atoms with Crippen LogP contribution >= 0.6 is 0 Å². The molecule has 0 bridgehead atoms. The van der Waals surface area contributed by atoms with Crippen LogP contribution in [0.2, 0.25) is 0 Å². The van der Waals surface area contributed by atoms with E-state index in [-0.39, 0.29) is 17.7 Å². The fourth-order valence-corrected chi connectivity index (χ4v) is 2.57. The van der Waals surface area contributed by atoms with E-state index in [4.69, 9.17) is 0 Å². The summed E-state index contributed by atoms with van der Waals surface area (Å²) in [5, 5.41) is 5.80. The molecule has 0 spiro atoms. The van der Waals surface area contributed by atoms with Gasteiger partial charge in [0.1, 0.15) is 0 Å². The van der Waals surface area contributed by atoms with Crippen LogP contribution in [0.25, 0.3) is 0 Å². The third-order valence-electron chi connectivity index (χ3n) is 4.11. The van der Waals surface area contributed by atoms with Gasteiger partial charge < -0.3 is 10.6 Å². The molecule has 2 N–H and O–H groups in total. The maximum absolute atomic E-state index is 12.2. The van der Waals surface area contributed by atoms with Crippen LogP contribution < -0.4 is 10.6 Å². The van der Waals surface area contributed by atoms with Gasteiger partial charge in [0, 0.05) is 23.7 Å². The summed E-state index contributed by atoms with van der Waals surface area (Å²) in [6.07, 6.45) is 3.77. The van der Waals surface area contributed by atoms with Gasteiger partial charge in [-0.2, -0.15) is 0 Å². The highest BCUT2D eigenvalue weighted by atomic mass is 16.2. The second-order valence-corrected chi connectivity index (χ2v) is 6.19. The lowest BCUT2D eigenvalue weighted by atomic mass is 10.1. The zero-order valence-electron chi connectivity index (χ0n) is 13.6. The first-order valence-corrected chi connectivity index (χ1v) is 8.45. The number of rotatable bonds is 7. The average molecular weight is 322 g/mol. The van der Waals surface area contributed by atoms with Crippen molar-refractivity contribution in [3.8, 4) is 0 Å². The largest absolute Gasteiger partial charge is 0.352 e. The van der Waals surface area contributed by atoms with Gasteiger partial charge in [0.25, 0.3) is 5.91 Å². The van der Waals surface area contributed by atoms with E-state index in [0.717, 1.165) is 25.7 Å². The lowest BCUT2D eigenvalue weighted by Crippen LogP contribution is -2.25. The molecule has 0 unspecified atom stereocenters. The zero-order valence-corrected chi connectivity index (χ0v) is 13.6. The van der Waals surface area contributed by atoms with E-state index in [2.05, 4.69) is 22.8 Å². The standard InChI is InChI=1S/C20H22N2O2/c23-19(21-13-5-8-15-6-2-1-3-7-15)17-9-4-10-18(14-17)22-20(24)16-11-12-16/h1-4,6-7,9-10,14,16H,5,8,11-13H2,(H,21,23)(H,22,24). The van der Waals surface area contributed by atoms with Gasteiger partial charge in [-0.05, 0) is 49.4 Å². The second kappa shape index (κ2) is 7.77. The Bertz CT molecular complexity index is 709. The first-order valence-electron chi connectivity index (χ1n) is 8.45. The molecular weight excluding hydrogens is 300 g/mol. The van der Waals surface area contributed by atoms with E-state index in [1.807, 2.05) is 24.3 Å². The first kappa shape index (κ1) is 16.2. The third-order valence-corrected chi connectivity index (χ3v) is 4.11. The average Bonchev–Trinajstić information content (AvgIpc) is 3.45. The Morgan fingerprint density at radius 1 is 1.00 bits per heavy atom. The van der Waals surface area contributed by atoms with Crippen molar-refractivity contribution in [3.63, 3.8) is 0 Å². The molecule has 0 saturated heterocycles. The van der Waals surface area contributed by atoms with Crippen LogP contribution in [-0.4, -0.2) is 18.4 Å². The van der Waals surface area contributed by atoms with Crippen molar-refractivity contribution in [2.45, 2.75) is 25.7 Å². The highest BCUT2D eigenvalue weighted by Crippen LogP contribution is 2.30. The van der Waals surface area contributed by atoms with Gasteiger partial charge >= 0.3 is 0 Å². The smallest absolute Gasteiger partial charge is 0.251 e. The summed E-state index contributed by atoms with van der Waals surface area (Å²) >= 11 is 0. The Labute approximate surface area is 142 Å². The molecule has 4 heteroatoms. The molecule has 1 saturated carbocycles. The van der Waals surface area contributed by atoms with E-state index in [1.165, 1.54) is 5.56 Å². The van der Waals surface area contributed by atoms with Crippen molar-refractivity contribution in [3.05, 3.63) is 65.7 Å². The minimum absolute atomic E-state index is 0.0513. The molecule has 2 aromatic carbocycles. The van der Waals surface area contributed by atoms with Crippen LogP contribution in [-0.2, 0) is 11.2 Å². The molecule has 4 nitrogen and oxygen atoms in total. The predicted octanol–water partition coefficient (Wildman–Crippen LogP) is 3.40. The van der Waals surface area contributed by atoms with Gasteiger partial charge in [-0.1, -0.05) is 36.4 Å². The minimum Gasteiger partial charge on any atom is -0.352 e. The minimum atomic E-state index is -0.106. The SMILES string of the molecule is O=C(NCCCc1ccccc1)c1cccc(NC(=O)C2CC2)c1. The molecule has 2 amide bonds. The van der Waals surface area contributed by atoms with Crippen molar-refractivity contribution >= 4 is 17.5 Å². The van der Waals surface area contributed by atoms with Crippen molar-refractivity contribution in [1.82, 2.24) is 5.32 Å². The van der Waals surface area contributed by atoms with Crippen molar-refractivity contribution in [2.75, 3.05) is 11.9 Å². The molecule has 0 radical (unpaired) electrons. The summed E-state index contributed by atoms with van der Waals surface area (Å²) in [4.78, 5) is 24.0. The topological polar surface area (TPSA) is 58.2 Å². The van der Waals surface area contributed by atoms with Crippen LogP contribution in [0.4, 0.5) is 5.69 Å². The molecule has 0 aromatic heterocycles. The number of aryl methyl sites for hydroxylation is 1. The molecule has 3 rings (SSSR count). The highest BCUT2D eigenvalue weighted by molar-refractivity contribution is 5.98. The Kier molecular flexibility index (Phi) is 5.26. The number of carbonyl (C=O) groups is 2. The molecule has 0 heterocycles. The molecule has 1 aliphatic carbocycles. The summed E-state index contributed by atoms with van der Waals surface area (Å²) < 4.78 is 0. The van der Waals surface area contributed by atoms with Crippen LogP contribution in [0.15, 0.2) is 54.6 Å². The molecule has 1 fully saturated rings. The molecule has 1 aliphatic rings. The summed E-state index contributed by atoms with van der Waals surface area (Å²) in [5.74, 6) is 0.0986. The monoisotopic (exact) mass is 322 g/mol. The van der Waals surface area contributed by atoms with Gasteiger partial charge in [-0.15, -0.1) is 0 Å². The predicted molar refractivity (Wildman–Crippen MR) is 94.9 cm³/mol. The highest BCUT2D eigenvalue weighted by Gasteiger charge is 2.29. The van der Waals surface area contributed by atoms with E-state index in [1.54, 1.807) is 18.2 Å². The van der Waals surface area contributed by atoms with Crippen molar-refractivity contribution in [2.24, 2.45) is 5.92 Å². The van der Waals surface area contributed by atoms with E-state index >= 15 is 0 Å².